The molecular weight excluding hydrogens is 326 g/mol. The molecule has 1 aromatic rings. The van der Waals surface area contributed by atoms with E-state index in [0.29, 0.717) is 18.5 Å². The number of carbonyl (C=O) groups excluding carboxylic acids is 2. The van der Waals surface area contributed by atoms with Crippen LogP contribution in [0.15, 0.2) is 35.4 Å². The van der Waals surface area contributed by atoms with Gasteiger partial charge in [-0.3, -0.25) is 9.59 Å². The summed E-state index contributed by atoms with van der Waals surface area (Å²) >= 11 is 0. The Morgan fingerprint density at radius 3 is 2.62 bits per heavy atom. The summed E-state index contributed by atoms with van der Waals surface area (Å²) in [5.41, 5.74) is 2.00. The Hall–Kier alpha value is -2.17. The molecule has 0 spiro atoms. The van der Waals surface area contributed by atoms with Gasteiger partial charge in [0.2, 0.25) is 11.8 Å². The molecule has 1 aromatic carbocycles. The second-order valence-corrected chi connectivity index (χ2v) is 7.51. The van der Waals surface area contributed by atoms with Crippen LogP contribution >= 0.6 is 0 Å². The Kier molecular flexibility index (Phi) is 6.07. The summed E-state index contributed by atoms with van der Waals surface area (Å²) < 4.78 is 0. The van der Waals surface area contributed by atoms with E-state index in [1.54, 1.807) is 0 Å². The van der Waals surface area contributed by atoms with Crippen LogP contribution in [0.25, 0.3) is 0 Å². The van der Waals surface area contributed by atoms with Crippen LogP contribution in [-0.2, 0) is 9.59 Å². The van der Waals surface area contributed by atoms with Crippen LogP contribution < -0.4 is 0 Å². The van der Waals surface area contributed by atoms with Gasteiger partial charge in [0.05, 0.1) is 12.3 Å². The molecule has 2 unspecified atom stereocenters. The number of hydrogen-bond acceptors (Lipinski definition) is 3. The molecule has 1 saturated carbocycles. The SMILES string of the molecule is CC1CCCCC1N(C)C(=O)CCC(=O)N1CCC(c2ccccc2)=N1. The van der Waals surface area contributed by atoms with Crippen molar-refractivity contribution >= 4 is 17.5 Å². The van der Waals surface area contributed by atoms with Gasteiger partial charge in [0.25, 0.3) is 0 Å². The van der Waals surface area contributed by atoms with Gasteiger partial charge in [-0.25, -0.2) is 5.01 Å². The maximum absolute atomic E-state index is 12.5. The van der Waals surface area contributed by atoms with Crippen molar-refractivity contribution in [2.75, 3.05) is 13.6 Å². The molecule has 1 aliphatic carbocycles. The third-order valence-corrected chi connectivity index (χ3v) is 5.71. The Morgan fingerprint density at radius 2 is 1.88 bits per heavy atom. The number of nitrogens with zero attached hydrogens (tertiary/aromatic N) is 3. The largest absolute Gasteiger partial charge is 0.342 e. The maximum Gasteiger partial charge on any atom is 0.243 e. The first-order valence-corrected chi connectivity index (χ1v) is 9.75. The molecule has 0 radical (unpaired) electrons. The Bertz CT molecular complexity index is 671. The summed E-state index contributed by atoms with van der Waals surface area (Å²) in [6, 6.07) is 10.3. The molecule has 2 atom stereocenters. The van der Waals surface area contributed by atoms with E-state index in [1.165, 1.54) is 24.3 Å². The standard InChI is InChI=1S/C21H29N3O2/c1-16-8-6-7-11-19(16)23(2)20(25)12-13-21(26)24-15-14-18(22-24)17-9-4-3-5-10-17/h3-5,9-10,16,19H,6-8,11-15H2,1-2H3. The van der Waals surface area contributed by atoms with Crippen LogP contribution in [0.4, 0.5) is 0 Å². The number of benzene rings is 1. The molecule has 5 heteroatoms. The molecule has 2 amide bonds. The summed E-state index contributed by atoms with van der Waals surface area (Å²) in [6.45, 7) is 2.83. The highest BCUT2D eigenvalue weighted by atomic mass is 16.2. The van der Waals surface area contributed by atoms with Gasteiger partial charge in [-0.15, -0.1) is 0 Å². The van der Waals surface area contributed by atoms with E-state index < -0.39 is 0 Å². The minimum Gasteiger partial charge on any atom is -0.342 e. The lowest BCUT2D eigenvalue weighted by Gasteiger charge is -2.36. The van der Waals surface area contributed by atoms with Crippen LogP contribution in [0, 0.1) is 5.92 Å². The van der Waals surface area contributed by atoms with Crippen molar-refractivity contribution in [1.29, 1.82) is 0 Å². The summed E-state index contributed by atoms with van der Waals surface area (Å²) in [5, 5.41) is 5.99. The molecule has 2 aliphatic rings. The van der Waals surface area contributed by atoms with Crippen LogP contribution in [0.1, 0.15) is 57.4 Å². The Morgan fingerprint density at radius 1 is 1.15 bits per heavy atom. The van der Waals surface area contributed by atoms with E-state index in [9.17, 15) is 9.59 Å². The van der Waals surface area contributed by atoms with Gasteiger partial charge in [0.15, 0.2) is 0 Å². The first kappa shape index (κ1) is 18.6. The van der Waals surface area contributed by atoms with E-state index in [2.05, 4.69) is 12.0 Å². The van der Waals surface area contributed by atoms with Crippen LogP contribution in [-0.4, -0.2) is 47.1 Å². The van der Waals surface area contributed by atoms with Crippen LogP contribution in [0.3, 0.4) is 0 Å². The van der Waals surface area contributed by atoms with Crippen molar-refractivity contribution < 1.29 is 9.59 Å². The number of carbonyl (C=O) groups is 2. The highest BCUT2D eigenvalue weighted by Gasteiger charge is 2.28. The van der Waals surface area contributed by atoms with Crippen molar-refractivity contribution in [2.24, 2.45) is 11.0 Å². The summed E-state index contributed by atoms with van der Waals surface area (Å²) in [6.07, 6.45) is 5.98. The zero-order valence-electron chi connectivity index (χ0n) is 15.9. The molecule has 0 bridgehead atoms. The Labute approximate surface area is 156 Å². The third-order valence-electron chi connectivity index (χ3n) is 5.71. The predicted octanol–water partition coefficient (Wildman–Crippen LogP) is 3.44. The quantitative estimate of drug-likeness (QED) is 0.812. The zero-order valence-corrected chi connectivity index (χ0v) is 15.9. The normalized spacial score (nSPS) is 22.8. The van der Waals surface area contributed by atoms with Crippen molar-refractivity contribution in [3.05, 3.63) is 35.9 Å². The third kappa shape index (κ3) is 4.32. The van der Waals surface area contributed by atoms with Crippen molar-refractivity contribution in [2.45, 2.75) is 57.9 Å². The number of hydrogen-bond donors (Lipinski definition) is 0. The van der Waals surface area contributed by atoms with Gasteiger partial charge in [-0.2, -0.15) is 5.10 Å². The van der Waals surface area contributed by atoms with Gasteiger partial charge in [0, 0.05) is 32.4 Å². The monoisotopic (exact) mass is 355 g/mol. The summed E-state index contributed by atoms with van der Waals surface area (Å²) in [5.74, 6) is 0.558. The number of amides is 2. The molecule has 5 nitrogen and oxygen atoms in total. The highest BCUT2D eigenvalue weighted by molar-refractivity contribution is 6.02. The first-order chi connectivity index (χ1) is 12.6. The fourth-order valence-corrected chi connectivity index (χ4v) is 4.05. The topological polar surface area (TPSA) is 53.0 Å². The summed E-state index contributed by atoms with van der Waals surface area (Å²) in [4.78, 5) is 26.8. The van der Waals surface area contributed by atoms with Gasteiger partial charge >= 0.3 is 0 Å². The van der Waals surface area contributed by atoms with E-state index >= 15 is 0 Å². The van der Waals surface area contributed by atoms with Crippen molar-refractivity contribution in [3.63, 3.8) is 0 Å². The molecular formula is C21H29N3O2. The van der Waals surface area contributed by atoms with E-state index in [0.717, 1.165) is 24.1 Å². The molecule has 1 heterocycles. The minimum absolute atomic E-state index is 0.0608. The van der Waals surface area contributed by atoms with E-state index in [-0.39, 0.29) is 24.7 Å². The lowest BCUT2D eigenvalue weighted by molar-refractivity contribution is -0.138. The minimum atomic E-state index is -0.0608. The van der Waals surface area contributed by atoms with Crippen LogP contribution in [0.2, 0.25) is 0 Å². The molecule has 1 aliphatic heterocycles. The zero-order chi connectivity index (χ0) is 18.5. The van der Waals surface area contributed by atoms with Gasteiger partial charge in [-0.1, -0.05) is 50.1 Å². The van der Waals surface area contributed by atoms with Crippen molar-refractivity contribution in [1.82, 2.24) is 9.91 Å². The van der Waals surface area contributed by atoms with E-state index in [4.69, 9.17) is 0 Å². The van der Waals surface area contributed by atoms with E-state index in [1.807, 2.05) is 42.3 Å². The van der Waals surface area contributed by atoms with Gasteiger partial charge < -0.3 is 4.90 Å². The fourth-order valence-electron chi connectivity index (χ4n) is 4.05. The Balaban J connectivity index is 1.51. The van der Waals surface area contributed by atoms with Crippen LogP contribution in [0.5, 0.6) is 0 Å². The number of hydrazone groups is 1. The predicted molar refractivity (Wildman–Crippen MR) is 103 cm³/mol. The van der Waals surface area contributed by atoms with Gasteiger partial charge in [-0.05, 0) is 24.3 Å². The average Bonchev–Trinajstić information content (AvgIpc) is 3.17. The average molecular weight is 355 g/mol. The molecule has 0 aromatic heterocycles. The highest BCUT2D eigenvalue weighted by Crippen LogP contribution is 2.27. The first-order valence-electron chi connectivity index (χ1n) is 9.75. The maximum atomic E-state index is 12.5. The smallest absolute Gasteiger partial charge is 0.243 e. The molecule has 0 saturated heterocycles. The molecule has 3 rings (SSSR count). The molecule has 1 fully saturated rings. The lowest BCUT2D eigenvalue weighted by Crippen LogP contribution is -2.42. The second kappa shape index (κ2) is 8.47. The second-order valence-electron chi connectivity index (χ2n) is 7.51. The molecule has 0 N–H and O–H groups in total. The van der Waals surface area contributed by atoms with Crippen molar-refractivity contribution in [3.8, 4) is 0 Å². The molecule has 26 heavy (non-hydrogen) atoms. The fraction of sp³-hybridized carbons (Fsp3) is 0.571. The summed E-state index contributed by atoms with van der Waals surface area (Å²) in [7, 11) is 1.89. The van der Waals surface area contributed by atoms with Gasteiger partial charge in [0.1, 0.15) is 0 Å². The lowest BCUT2D eigenvalue weighted by atomic mass is 9.85. The molecule has 140 valence electrons. The number of rotatable bonds is 5.